The van der Waals surface area contributed by atoms with Gasteiger partial charge in [0.05, 0.1) is 11.7 Å². The van der Waals surface area contributed by atoms with E-state index in [0.717, 1.165) is 37.8 Å². The Morgan fingerprint density at radius 2 is 2.35 bits per heavy atom. The first-order chi connectivity index (χ1) is 9.72. The molecule has 1 N–H and O–H groups in total. The van der Waals surface area contributed by atoms with Crippen molar-refractivity contribution in [1.82, 2.24) is 9.55 Å². The van der Waals surface area contributed by atoms with Gasteiger partial charge >= 0.3 is 0 Å². The van der Waals surface area contributed by atoms with Crippen LogP contribution in [-0.2, 0) is 4.74 Å². The van der Waals surface area contributed by atoms with E-state index in [4.69, 9.17) is 4.74 Å². The molecule has 2 rings (SSSR count). The van der Waals surface area contributed by atoms with Crippen molar-refractivity contribution in [1.29, 1.82) is 0 Å². The third kappa shape index (κ3) is 3.84. The topological polar surface area (TPSA) is 39.1 Å². The molecule has 0 aliphatic rings. The van der Waals surface area contributed by atoms with Crippen LogP contribution in [0, 0.1) is 6.92 Å². The number of anilines is 1. The standard InChI is InChI=1S/C15H23N3OS/c1-4-19-9-6-8-16-15-17-12(2)11-18(15)13(3)14-7-5-10-20-14/h5,7,10-11,13H,4,6,8-9H2,1-3H3,(H,16,17). The van der Waals surface area contributed by atoms with Crippen LogP contribution in [0.5, 0.6) is 0 Å². The second kappa shape index (κ2) is 7.45. The molecule has 5 heteroatoms. The van der Waals surface area contributed by atoms with Gasteiger partial charge in [-0.1, -0.05) is 6.07 Å². The van der Waals surface area contributed by atoms with Crippen molar-refractivity contribution >= 4 is 17.3 Å². The Hall–Kier alpha value is -1.33. The number of nitrogens with zero attached hydrogens (tertiary/aromatic N) is 2. The predicted octanol–water partition coefficient (Wildman–Crippen LogP) is 3.70. The minimum atomic E-state index is 0.311. The van der Waals surface area contributed by atoms with Crippen LogP contribution in [0.2, 0.25) is 0 Å². The zero-order chi connectivity index (χ0) is 14.4. The third-order valence-corrected chi connectivity index (χ3v) is 4.22. The molecule has 0 aliphatic heterocycles. The molecule has 0 radical (unpaired) electrons. The molecular formula is C15H23N3OS. The molecule has 2 aromatic rings. The lowest BCUT2D eigenvalue weighted by Crippen LogP contribution is -2.13. The van der Waals surface area contributed by atoms with Gasteiger partial charge in [-0.3, -0.25) is 0 Å². The minimum absolute atomic E-state index is 0.311. The smallest absolute Gasteiger partial charge is 0.203 e. The van der Waals surface area contributed by atoms with Crippen molar-refractivity contribution in [3.05, 3.63) is 34.3 Å². The molecule has 2 heterocycles. The SMILES string of the molecule is CCOCCCNc1nc(C)cn1C(C)c1cccs1. The number of rotatable bonds is 8. The quantitative estimate of drug-likeness (QED) is 0.754. The highest BCUT2D eigenvalue weighted by molar-refractivity contribution is 7.10. The lowest BCUT2D eigenvalue weighted by molar-refractivity contribution is 0.147. The number of aromatic nitrogens is 2. The van der Waals surface area contributed by atoms with Gasteiger partial charge in [0.25, 0.3) is 0 Å². The van der Waals surface area contributed by atoms with Crippen LogP contribution >= 0.6 is 11.3 Å². The monoisotopic (exact) mass is 293 g/mol. The van der Waals surface area contributed by atoms with Crippen molar-refractivity contribution in [2.24, 2.45) is 0 Å². The lowest BCUT2D eigenvalue weighted by Gasteiger charge is -2.15. The first-order valence-corrected chi connectivity index (χ1v) is 8.00. The summed E-state index contributed by atoms with van der Waals surface area (Å²) in [7, 11) is 0. The first kappa shape index (κ1) is 15.1. The summed E-state index contributed by atoms with van der Waals surface area (Å²) in [4.78, 5) is 5.92. The van der Waals surface area contributed by atoms with E-state index in [9.17, 15) is 0 Å². The molecule has 0 bridgehead atoms. The fourth-order valence-electron chi connectivity index (χ4n) is 2.13. The van der Waals surface area contributed by atoms with Gasteiger partial charge < -0.3 is 14.6 Å². The molecule has 0 fully saturated rings. The molecule has 1 unspecified atom stereocenters. The van der Waals surface area contributed by atoms with E-state index >= 15 is 0 Å². The van der Waals surface area contributed by atoms with Crippen LogP contribution in [0.15, 0.2) is 23.7 Å². The second-order valence-electron chi connectivity index (χ2n) is 4.78. The van der Waals surface area contributed by atoms with Gasteiger partial charge in [0, 0.05) is 30.8 Å². The third-order valence-electron chi connectivity index (χ3n) is 3.18. The van der Waals surface area contributed by atoms with Crippen LogP contribution in [0.25, 0.3) is 0 Å². The molecule has 20 heavy (non-hydrogen) atoms. The van der Waals surface area contributed by atoms with Crippen molar-refractivity contribution in [2.45, 2.75) is 33.2 Å². The van der Waals surface area contributed by atoms with Crippen LogP contribution in [0.3, 0.4) is 0 Å². The maximum Gasteiger partial charge on any atom is 0.203 e. The molecule has 0 saturated carbocycles. The maximum absolute atomic E-state index is 5.35. The number of ether oxygens (including phenoxy) is 1. The minimum Gasteiger partial charge on any atom is -0.382 e. The average molecular weight is 293 g/mol. The van der Waals surface area contributed by atoms with E-state index in [1.807, 2.05) is 13.8 Å². The summed E-state index contributed by atoms with van der Waals surface area (Å²) < 4.78 is 7.56. The highest BCUT2D eigenvalue weighted by atomic mass is 32.1. The van der Waals surface area contributed by atoms with Crippen LogP contribution < -0.4 is 5.32 Å². The van der Waals surface area contributed by atoms with Crippen molar-refractivity contribution in [3.63, 3.8) is 0 Å². The first-order valence-electron chi connectivity index (χ1n) is 7.13. The van der Waals surface area contributed by atoms with Gasteiger partial charge in [0.1, 0.15) is 0 Å². The van der Waals surface area contributed by atoms with E-state index in [2.05, 4.69) is 45.5 Å². The van der Waals surface area contributed by atoms with Crippen LogP contribution in [-0.4, -0.2) is 29.3 Å². The fraction of sp³-hybridized carbons (Fsp3) is 0.533. The summed E-state index contributed by atoms with van der Waals surface area (Å²) in [6, 6.07) is 4.57. The molecule has 0 aliphatic carbocycles. The van der Waals surface area contributed by atoms with Crippen molar-refractivity contribution in [2.75, 3.05) is 25.1 Å². The van der Waals surface area contributed by atoms with E-state index in [1.54, 1.807) is 11.3 Å². The Bertz CT molecular complexity index is 507. The van der Waals surface area contributed by atoms with Gasteiger partial charge in [-0.15, -0.1) is 11.3 Å². The highest BCUT2D eigenvalue weighted by Gasteiger charge is 2.14. The molecule has 0 amide bonds. The number of nitrogens with one attached hydrogen (secondary N) is 1. The summed E-state index contributed by atoms with van der Waals surface area (Å²) >= 11 is 1.78. The Balaban J connectivity index is 1.99. The van der Waals surface area contributed by atoms with Gasteiger partial charge in [-0.05, 0) is 38.6 Å². The number of hydrogen-bond acceptors (Lipinski definition) is 4. The Morgan fingerprint density at radius 1 is 1.50 bits per heavy atom. The van der Waals surface area contributed by atoms with E-state index < -0.39 is 0 Å². The number of thiophene rings is 1. The largest absolute Gasteiger partial charge is 0.382 e. The van der Waals surface area contributed by atoms with Gasteiger partial charge in [0.2, 0.25) is 5.95 Å². The molecule has 2 aromatic heterocycles. The van der Waals surface area contributed by atoms with E-state index in [0.29, 0.717) is 6.04 Å². The van der Waals surface area contributed by atoms with Crippen LogP contribution in [0.4, 0.5) is 5.95 Å². The molecule has 0 aromatic carbocycles. The lowest BCUT2D eigenvalue weighted by atomic mass is 10.3. The van der Waals surface area contributed by atoms with Crippen molar-refractivity contribution in [3.8, 4) is 0 Å². The fourth-order valence-corrected chi connectivity index (χ4v) is 2.91. The summed E-state index contributed by atoms with van der Waals surface area (Å²) in [5.41, 5.74) is 1.04. The van der Waals surface area contributed by atoms with E-state index in [-0.39, 0.29) is 0 Å². The molecule has 1 atom stereocenters. The second-order valence-corrected chi connectivity index (χ2v) is 5.76. The highest BCUT2D eigenvalue weighted by Crippen LogP contribution is 2.26. The number of imidazole rings is 1. The molecule has 4 nitrogen and oxygen atoms in total. The maximum atomic E-state index is 5.35. The Labute approximate surface area is 124 Å². The van der Waals surface area contributed by atoms with Crippen molar-refractivity contribution < 1.29 is 4.74 Å². The zero-order valence-corrected chi connectivity index (χ0v) is 13.2. The summed E-state index contributed by atoms with van der Waals surface area (Å²) in [5.74, 6) is 0.944. The van der Waals surface area contributed by atoms with Crippen LogP contribution in [0.1, 0.15) is 36.9 Å². The Morgan fingerprint density at radius 3 is 3.05 bits per heavy atom. The summed E-state index contributed by atoms with van der Waals surface area (Å²) in [5, 5.41) is 5.53. The predicted molar refractivity (Wildman–Crippen MR) is 84.7 cm³/mol. The Kier molecular flexibility index (Phi) is 5.61. The molecule has 0 saturated heterocycles. The van der Waals surface area contributed by atoms with E-state index in [1.165, 1.54) is 4.88 Å². The normalized spacial score (nSPS) is 12.6. The molecular weight excluding hydrogens is 270 g/mol. The molecule has 0 spiro atoms. The van der Waals surface area contributed by atoms with Gasteiger partial charge in [0.15, 0.2) is 0 Å². The molecule has 110 valence electrons. The summed E-state index contributed by atoms with van der Waals surface area (Å²) in [6.07, 6.45) is 3.10. The number of aryl methyl sites for hydroxylation is 1. The van der Waals surface area contributed by atoms with Gasteiger partial charge in [-0.2, -0.15) is 0 Å². The number of hydrogen-bond donors (Lipinski definition) is 1. The zero-order valence-electron chi connectivity index (χ0n) is 12.4. The summed E-state index contributed by atoms with van der Waals surface area (Å²) in [6.45, 7) is 8.72. The average Bonchev–Trinajstić information content (AvgIpc) is 3.07. The van der Waals surface area contributed by atoms with Gasteiger partial charge in [-0.25, -0.2) is 4.98 Å².